The quantitative estimate of drug-likeness (QED) is 0.771. The minimum absolute atomic E-state index is 0.00845. The molecule has 2 heterocycles. The highest BCUT2D eigenvalue weighted by Crippen LogP contribution is 2.22. The molecule has 0 radical (unpaired) electrons. The lowest BCUT2D eigenvalue weighted by Crippen LogP contribution is -2.48. The van der Waals surface area contributed by atoms with E-state index >= 15 is 0 Å². The fourth-order valence-corrected chi connectivity index (χ4v) is 2.85. The van der Waals surface area contributed by atoms with Crippen molar-refractivity contribution in [1.82, 2.24) is 10.2 Å². The van der Waals surface area contributed by atoms with Gasteiger partial charge in [-0.3, -0.25) is 14.4 Å². The zero-order chi connectivity index (χ0) is 13.8. The minimum atomic E-state index is -0.786. The Hall–Kier alpha value is -1.59. The Bertz CT molecular complexity index is 383. The predicted molar refractivity (Wildman–Crippen MR) is 67.3 cm³/mol. The number of rotatable bonds is 4. The van der Waals surface area contributed by atoms with E-state index in [0.29, 0.717) is 25.8 Å². The molecular weight excluding hydrogens is 248 g/mol. The topological polar surface area (TPSA) is 86.7 Å². The molecule has 1 unspecified atom stereocenters. The SMILES string of the molecule is O=C(O)CCC1CCCN(C(=O)[C@@H]2CCC(=O)N2)C1. The summed E-state index contributed by atoms with van der Waals surface area (Å²) in [6.07, 6.45) is 3.68. The first-order valence-electron chi connectivity index (χ1n) is 6.86. The summed E-state index contributed by atoms with van der Waals surface area (Å²) in [7, 11) is 0. The van der Waals surface area contributed by atoms with Crippen LogP contribution in [0.1, 0.15) is 38.5 Å². The van der Waals surface area contributed by atoms with Crippen molar-refractivity contribution in [3.63, 3.8) is 0 Å². The second-order valence-electron chi connectivity index (χ2n) is 5.38. The van der Waals surface area contributed by atoms with Crippen LogP contribution >= 0.6 is 0 Å². The highest BCUT2D eigenvalue weighted by Gasteiger charge is 2.33. The van der Waals surface area contributed by atoms with Gasteiger partial charge in [0.1, 0.15) is 6.04 Å². The van der Waals surface area contributed by atoms with Crippen LogP contribution in [0.4, 0.5) is 0 Å². The van der Waals surface area contributed by atoms with Gasteiger partial charge in [0.25, 0.3) is 0 Å². The van der Waals surface area contributed by atoms with E-state index in [2.05, 4.69) is 5.32 Å². The first kappa shape index (κ1) is 13.8. The number of carboxylic acids is 1. The Labute approximate surface area is 112 Å². The number of aliphatic carboxylic acids is 1. The third kappa shape index (κ3) is 3.68. The number of hydrogen-bond acceptors (Lipinski definition) is 3. The van der Waals surface area contributed by atoms with Crippen molar-refractivity contribution in [2.24, 2.45) is 5.92 Å². The van der Waals surface area contributed by atoms with Crippen molar-refractivity contribution >= 4 is 17.8 Å². The van der Waals surface area contributed by atoms with E-state index in [0.717, 1.165) is 19.4 Å². The van der Waals surface area contributed by atoms with Gasteiger partial charge < -0.3 is 15.3 Å². The maximum Gasteiger partial charge on any atom is 0.303 e. The molecule has 2 fully saturated rings. The molecule has 0 aromatic heterocycles. The van der Waals surface area contributed by atoms with Crippen LogP contribution in [0.15, 0.2) is 0 Å². The molecule has 106 valence electrons. The minimum Gasteiger partial charge on any atom is -0.481 e. The summed E-state index contributed by atoms with van der Waals surface area (Å²) < 4.78 is 0. The summed E-state index contributed by atoms with van der Waals surface area (Å²) >= 11 is 0. The van der Waals surface area contributed by atoms with E-state index in [4.69, 9.17) is 5.11 Å². The number of nitrogens with zero attached hydrogens (tertiary/aromatic N) is 1. The molecule has 0 bridgehead atoms. The zero-order valence-electron chi connectivity index (χ0n) is 10.9. The van der Waals surface area contributed by atoms with Crippen LogP contribution in [-0.2, 0) is 14.4 Å². The number of likely N-dealkylation sites (tertiary alicyclic amines) is 1. The largest absolute Gasteiger partial charge is 0.481 e. The lowest BCUT2D eigenvalue weighted by atomic mass is 9.93. The van der Waals surface area contributed by atoms with Crippen molar-refractivity contribution in [3.8, 4) is 0 Å². The molecule has 2 atom stereocenters. The number of hydrogen-bond donors (Lipinski definition) is 2. The monoisotopic (exact) mass is 268 g/mol. The van der Waals surface area contributed by atoms with Gasteiger partial charge in [0.05, 0.1) is 0 Å². The molecule has 2 rings (SSSR count). The Balaban J connectivity index is 1.84. The average Bonchev–Trinajstić information content (AvgIpc) is 2.82. The summed E-state index contributed by atoms with van der Waals surface area (Å²) in [5.41, 5.74) is 0. The van der Waals surface area contributed by atoms with E-state index in [-0.39, 0.29) is 30.2 Å². The number of carbonyl (C=O) groups is 3. The molecule has 2 aliphatic rings. The van der Waals surface area contributed by atoms with E-state index in [1.54, 1.807) is 4.90 Å². The molecule has 2 N–H and O–H groups in total. The van der Waals surface area contributed by atoms with Crippen molar-refractivity contribution in [1.29, 1.82) is 0 Å². The van der Waals surface area contributed by atoms with Gasteiger partial charge in [-0.2, -0.15) is 0 Å². The summed E-state index contributed by atoms with van der Waals surface area (Å²) in [5, 5.41) is 11.4. The van der Waals surface area contributed by atoms with Gasteiger partial charge in [0, 0.05) is 25.9 Å². The van der Waals surface area contributed by atoms with Crippen LogP contribution < -0.4 is 5.32 Å². The van der Waals surface area contributed by atoms with Crippen molar-refractivity contribution < 1.29 is 19.5 Å². The zero-order valence-corrected chi connectivity index (χ0v) is 10.9. The fraction of sp³-hybridized carbons (Fsp3) is 0.769. The maximum absolute atomic E-state index is 12.2. The molecule has 2 aliphatic heterocycles. The maximum atomic E-state index is 12.2. The van der Waals surface area contributed by atoms with Crippen molar-refractivity contribution in [3.05, 3.63) is 0 Å². The Morgan fingerprint density at radius 2 is 2.16 bits per heavy atom. The van der Waals surface area contributed by atoms with Gasteiger partial charge >= 0.3 is 5.97 Å². The van der Waals surface area contributed by atoms with Gasteiger partial charge in [-0.1, -0.05) is 0 Å². The number of carboxylic acid groups (broad SMARTS) is 1. The highest BCUT2D eigenvalue weighted by molar-refractivity contribution is 5.90. The van der Waals surface area contributed by atoms with Crippen LogP contribution in [0.2, 0.25) is 0 Å². The average molecular weight is 268 g/mol. The Kier molecular flexibility index (Phi) is 4.39. The lowest BCUT2D eigenvalue weighted by molar-refractivity contribution is -0.137. The van der Waals surface area contributed by atoms with E-state index in [9.17, 15) is 14.4 Å². The van der Waals surface area contributed by atoms with E-state index < -0.39 is 5.97 Å². The van der Waals surface area contributed by atoms with Gasteiger partial charge in [-0.05, 0) is 31.6 Å². The van der Waals surface area contributed by atoms with Crippen LogP contribution in [0.5, 0.6) is 0 Å². The fourth-order valence-electron chi connectivity index (χ4n) is 2.85. The van der Waals surface area contributed by atoms with Crippen LogP contribution in [0, 0.1) is 5.92 Å². The van der Waals surface area contributed by atoms with Crippen molar-refractivity contribution in [2.75, 3.05) is 13.1 Å². The van der Waals surface area contributed by atoms with Gasteiger partial charge in [0.2, 0.25) is 11.8 Å². The summed E-state index contributed by atoms with van der Waals surface area (Å²) in [6, 6.07) is -0.370. The molecule has 6 nitrogen and oxygen atoms in total. The van der Waals surface area contributed by atoms with Gasteiger partial charge in [-0.15, -0.1) is 0 Å². The third-order valence-corrected chi connectivity index (χ3v) is 3.89. The summed E-state index contributed by atoms with van der Waals surface area (Å²) in [4.78, 5) is 35.7. The number of nitrogens with one attached hydrogen (secondary N) is 1. The molecule has 0 aromatic carbocycles. The molecule has 2 amide bonds. The lowest BCUT2D eigenvalue weighted by Gasteiger charge is -2.34. The smallest absolute Gasteiger partial charge is 0.303 e. The van der Waals surface area contributed by atoms with E-state index in [1.807, 2.05) is 0 Å². The molecule has 0 spiro atoms. The standard InChI is InChI=1S/C13H20N2O4/c16-11-5-4-10(14-11)13(19)15-7-1-2-9(8-15)3-6-12(17)18/h9-10H,1-8H2,(H,14,16)(H,17,18)/t9?,10-/m0/s1. The van der Waals surface area contributed by atoms with Crippen molar-refractivity contribution in [2.45, 2.75) is 44.6 Å². The molecule has 6 heteroatoms. The van der Waals surface area contributed by atoms with Gasteiger partial charge in [0.15, 0.2) is 0 Å². The van der Waals surface area contributed by atoms with Gasteiger partial charge in [-0.25, -0.2) is 0 Å². The Morgan fingerprint density at radius 1 is 1.37 bits per heavy atom. The third-order valence-electron chi connectivity index (χ3n) is 3.89. The normalized spacial score (nSPS) is 27.2. The Morgan fingerprint density at radius 3 is 2.79 bits per heavy atom. The highest BCUT2D eigenvalue weighted by atomic mass is 16.4. The number of piperidine rings is 1. The summed E-state index contributed by atoms with van der Waals surface area (Å²) in [6.45, 7) is 1.34. The molecular formula is C13H20N2O4. The molecule has 0 aromatic rings. The second kappa shape index (κ2) is 6.04. The second-order valence-corrected chi connectivity index (χ2v) is 5.38. The summed E-state index contributed by atoms with van der Waals surface area (Å²) in [5.74, 6) is -0.582. The van der Waals surface area contributed by atoms with E-state index in [1.165, 1.54) is 0 Å². The first-order valence-corrected chi connectivity index (χ1v) is 6.86. The van der Waals surface area contributed by atoms with Crippen LogP contribution in [0.25, 0.3) is 0 Å². The number of amides is 2. The first-order chi connectivity index (χ1) is 9.06. The number of carbonyl (C=O) groups excluding carboxylic acids is 2. The predicted octanol–water partition coefficient (Wildman–Crippen LogP) is 0.368. The molecule has 0 aliphatic carbocycles. The molecule has 0 saturated carbocycles. The van der Waals surface area contributed by atoms with Crippen LogP contribution in [-0.4, -0.2) is 46.9 Å². The molecule has 19 heavy (non-hydrogen) atoms. The van der Waals surface area contributed by atoms with Crippen LogP contribution in [0.3, 0.4) is 0 Å². The molecule has 2 saturated heterocycles.